The molecule has 1 amide bonds. The van der Waals surface area contributed by atoms with Gasteiger partial charge in [-0.1, -0.05) is 0 Å². The van der Waals surface area contributed by atoms with E-state index < -0.39 is 0 Å². The van der Waals surface area contributed by atoms with E-state index in [1.165, 1.54) is 4.90 Å². The van der Waals surface area contributed by atoms with Crippen LogP contribution in [0.1, 0.15) is 11.4 Å². The Morgan fingerprint density at radius 3 is 3.07 bits per heavy atom. The van der Waals surface area contributed by atoms with Crippen LogP contribution < -0.4 is 4.90 Å². The van der Waals surface area contributed by atoms with Gasteiger partial charge in [0, 0.05) is 11.5 Å². The average molecular weight is 257 g/mol. The number of hydrogen-bond donors (Lipinski definition) is 0. The van der Waals surface area contributed by atoms with Crippen LogP contribution in [0.4, 0.5) is 10.5 Å². The lowest BCUT2D eigenvalue weighted by Crippen LogP contribution is -2.32. The minimum Gasteiger partial charge on any atom is -0.443 e. The highest BCUT2D eigenvalue weighted by Gasteiger charge is 2.23. The number of halogens is 1. The lowest BCUT2D eigenvalue weighted by molar-refractivity contribution is 0.141. The van der Waals surface area contributed by atoms with E-state index in [9.17, 15) is 4.79 Å². The highest BCUT2D eigenvalue weighted by molar-refractivity contribution is 9.10. The van der Waals surface area contributed by atoms with Gasteiger partial charge in [-0.15, -0.1) is 0 Å². The molecule has 1 aliphatic rings. The number of ether oxygens (including phenoxy) is 1. The third kappa shape index (κ3) is 1.37. The van der Waals surface area contributed by atoms with Crippen molar-refractivity contribution in [3.05, 3.63) is 21.9 Å². The Morgan fingerprint density at radius 2 is 2.36 bits per heavy atom. The first-order chi connectivity index (χ1) is 6.59. The number of fused-ring (bicyclic) bond motifs is 1. The number of anilines is 1. The van der Waals surface area contributed by atoms with Gasteiger partial charge in [-0.25, -0.2) is 4.79 Å². The number of cyclic esters (lactones) is 1. The molecule has 0 N–H and O–H groups in total. The molecule has 0 spiro atoms. The van der Waals surface area contributed by atoms with Crippen LogP contribution in [0.3, 0.4) is 0 Å². The van der Waals surface area contributed by atoms with Gasteiger partial charge in [0.2, 0.25) is 0 Å². The van der Waals surface area contributed by atoms with E-state index in [1.54, 1.807) is 7.05 Å². The Balaban J connectivity index is 2.55. The number of amides is 1. The van der Waals surface area contributed by atoms with Crippen LogP contribution in [0.5, 0.6) is 0 Å². The summed E-state index contributed by atoms with van der Waals surface area (Å²) in [4.78, 5) is 17.0. The first kappa shape index (κ1) is 9.45. The molecule has 0 unspecified atom stereocenters. The summed E-state index contributed by atoms with van der Waals surface area (Å²) in [6.07, 6.45) is -0.338. The predicted octanol–water partition coefficient (Wildman–Crippen LogP) is 2.24. The van der Waals surface area contributed by atoms with Crippen molar-refractivity contribution in [3.63, 3.8) is 0 Å². The SMILES string of the molecule is Cc1nc2c(cc1Br)N(C)C(=O)OC2. The van der Waals surface area contributed by atoms with E-state index in [2.05, 4.69) is 20.9 Å². The zero-order valence-corrected chi connectivity index (χ0v) is 9.46. The third-order valence-corrected chi connectivity index (χ3v) is 2.98. The highest BCUT2D eigenvalue weighted by Crippen LogP contribution is 2.28. The standard InChI is InChI=1S/C9H9BrN2O2/c1-5-6(10)3-8-7(11-5)4-14-9(13)12(8)2/h3H,4H2,1-2H3. The number of carbonyl (C=O) groups is 1. The second-order valence-corrected chi connectivity index (χ2v) is 3.99. The fraction of sp³-hybridized carbons (Fsp3) is 0.333. The number of carbonyl (C=O) groups excluding carboxylic acids is 1. The van der Waals surface area contributed by atoms with Crippen molar-refractivity contribution in [1.29, 1.82) is 0 Å². The summed E-state index contributed by atoms with van der Waals surface area (Å²) in [5.74, 6) is 0. The van der Waals surface area contributed by atoms with Crippen LogP contribution in [0.15, 0.2) is 10.5 Å². The van der Waals surface area contributed by atoms with E-state index in [-0.39, 0.29) is 12.7 Å². The summed E-state index contributed by atoms with van der Waals surface area (Å²) >= 11 is 3.38. The van der Waals surface area contributed by atoms with Crippen LogP contribution in [0.2, 0.25) is 0 Å². The number of rotatable bonds is 0. The Hall–Kier alpha value is -1.10. The average Bonchev–Trinajstić information content (AvgIpc) is 2.15. The van der Waals surface area contributed by atoms with E-state index >= 15 is 0 Å². The monoisotopic (exact) mass is 256 g/mol. The van der Waals surface area contributed by atoms with Crippen LogP contribution in [-0.4, -0.2) is 18.1 Å². The summed E-state index contributed by atoms with van der Waals surface area (Å²) in [6, 6.07) is 1.89. The largest absolute Gasteiger partial charge is 0.443 e. The van der Waals surface area contributed by atoms with Gasteiger partial charge >= 0.3 is 6.09 Å². The first-order valence-corrected chi connectivity index (χ1v) is 4.95. The van der Waals surface area contributed by atoms with Crippen LogP contribution in [0, 0.1) is 6.92 Å². The normalized spacial score (nSPS) is 15.1. The van der Waals surface area contributed by atoms with Gasteiger partial charge in [-0.3, -0.25) is 9.88 Å². The Bertz CT molecular complexity index is 406. The molecule has 0 aliphatic carbocycles. The van der Waals surface area contributed by atoms with Crippen LogP contribution in [-0.2, 0) is 11.3 Å². The number of nitrogens with zero attached hydrogens (tertiary/aromatic N) is 2. The second-order valence-electron chi connectivity index (χ2n) is 3.14. The van der Waals surface area contributed by atoms with E-state index in [0.29, 0.717) is 0 Å². The van der Waals surface area contributed by atoms with Gasteiger partial charge < -0.3 is 4.74 Å². The minimum atomic E-state index is -0.338. The maximum atomic E-state index is 11.2. The lowest BCUT2D eigenvalue weighted by Gasteiger charge is -2.25. The maximum Gasteiger partial charge on any atom is 0.414 e. The Kier molecular flexibility index (Phi) is 2.19. The number of hydrogen-bond acceptors (Lipinski definition) is 3. The molecule has 1 aliphatic heterocycles. The summed E-state index contributed by atoms with van der Waals surface area (Å²) in [5.41, 5.74) is 2.50. The Labute approximate surface area is 90.0 Å². The molecular weight excluding hydrogens is 248 g/mol. The van der Waals surface area contributed by atoms with Gasteiger partial charge in [-0.05, 0) is 28.9 Å². The summed E-state index contributed by atoms with van der Waals surface area (Å²) in [6.45, 7) is 2.16. The first-order valence-electron chi connectivity index (χ1n) is 4.16. The van der Waals surface area contributed by atoms with Crippen molar-refractivity contribution in [2.24, 2.45) is 0 Å². The van der Waals surface area contributed by atoms with Gasteiger partial charge in [0.25, 0.3) is 0 Å². The molecule has 1 aromatic rings. The predicted molar refractivity (Wildman–Crippen MR) is 55.3 cm³/mol. The van der Waals surface area contributed by atoms with Gasteiger partial charge in [0.15, 0.2) is 0 Å². The molecule has 0 fully saturated rings. The molecule has 2 rings (SSSR count). The number of aryl methyl sites for hydroxylation is 1. The topological polar surface area (TPSA) is 42.4 Å². The minimum absolute atomic E-state index is 0.257. The van der Waals surface area contributed by atoms with Crippen LogP contribution >= 0.6 is 15.9 Å². The molecule has 0 saturated carbocycles. The molecule has 4 nitrogen and oxygen atoms in total. The highest BCUT2D eigenvalue weighted by atomic mass is 79.9. The second kappa shape index (κ2) is 3.24. The third-order valence-electron chi connectivity index (χ3n) is 2.17. The molecule has 5 heteroatoms. The van der Waals surface area contributed by atoms with Crippen LogP contribution in [0.25, 0.3) is 0 Å². The molecule has 0 radical (unpaired) electrons. The molecule has 2 heterocycles. The molecule has 14 heavy (non-hydrogen) atoms. The quantitative estimate of drug-likeness (QED) is 0.715. The maximum absolute atomic E-state index is 11.2. The van der Waals surface area contributed by atoms with Crippen molar-refractivity contribution in [2.45, 2.75) is 13.5 Å². The zero-order valence-electron chi connectivity index (χ0n) is 7.87. The fourth-order valence-electron chi connectivity index (χ4n) is 1.34. The number of pyridine rings is 1. The molecule has 74 valence electrons. The zero-order chi connectivity index (χ0) is 10.3. The fourth-order valence-corrected chi connectivity index (χ4v) is 1.65. The summed E-state index contributed by atoms with van der Waals surface area (Å²) in [5, 5.41) is 0. The molecule has 1 aromatic heterocycles. The van der Waals surface area contributed by atoms with Crippen molar-refractivity contribution >= 4 is 27.7 Å². The van der Waals surface area contributed by atoms with Crippen molar-refractivity contribution in [3.8, 4) is 0 Å². The van der Waals surface area contributed by atoms with Gasteiger partial charge in [0.1, 0.15) is 12.3 Å². The van der Waals surface area contributed by atoms with E-state index in [1.807, 2.05) is 13.0 Å². The lowest BCUT2D eigenvalue weighted by atomic mass is 10.2. The Morgan fingerprint density at radius 1 is 1.64 bits per heavy atom. The van der Waals surface area contributed by atoms with Gasteiger partial charge in [-0.2, -0.15) is 0 Å². The molecule has 0 saturated heterocycles. The summed E-state index contributed by atoms with van der Waals surface area (Å²) < 4.78 is 5.82. The number of aromatic nitrogens is 1. The van der Waals surface area contributed by atoms with E-state index in [4.69, 9.17) is 4.74 Å². The molecule has 0 bridgehead atoms. The van der Waals surface area contributed by atoms with Crippen molar-refractivity contribution in [1.82, 2.24) is 4.98 Å². The van der Waals surface area contributed by atoms with E-state index in [0.717, 1.165) is 21.5 Å². The van der Waals surface area contributed by atoms with Crippen molar-refractivity contribution in [2.75, 3.05) is 11.9 Å². The smallest absolute Gasteiger partial charge is 0.414 e. The molecule has 0 atom stereocenters. The molecule has 0 aromatic carbocycles. The van der Waals surface area contributed by atoms with Crippen molar-refractivity contribution < 1.29 is 9.53 Å². The summed E-state index contributed by atoms with van der Waals surface area (Å²) in [7, 11) is 1.67. The van der Waals surface area contributed by atoms with Gasteiger partial charge in [0.05, 0.1) is 11.4 Å². The molecular formula is C9H9BrN2O2.